The second-order valence-corrected chi connectivity index (χ2v) is 6.98. The summed E-state index contributed by atoms with van der Waals surface area (Å²) >= 11 is 1.42. The molecule has 0 spiro atoms. The maximum Gasteiger partial charge on any atom is 0.305 e. The van der Waals surface area contributed by atoms with Crippen molar-refractivity contribution < 1.29 is 14.0 Å². The summed E-state index contributed by atoms with van der Waals surface area (Å²) in [6, 6.07) is 17.0. The Kier molecular flexibility index (Phi) is 5.09. The van der Waals surface area contributed by atoms with Crippen molar-refractivity contribution in [3.05, 3.63) is 65.9 Å². The van der Waals surface area contributed by atoms with E-state index in [4.69, 9.17) is 4.42 Å². The number of fused-ring (bicyclic) bond motifs is 1. The predicted molar refractivity (Wildman–Crippen MR) is 98.3 cm³/mol. The van der Waals surface area contributed by atoms with Crippen LogP contribution in [0.3, 0.4) is 0 Å². The monoisotopic (exact) mass is 354 g/mol. The van der Waals surface area contributed by atoms with Crippen molar-refractivity contribution >= 4 is 34.5 Å². The predicted octanol–water partition coefficient (Wildman–Crippen LogP) is 3.68. The van der Waals surface area contributed by atoms with E-state index in [1.807, 2.05) is 55.5 Å². The van der Waals surface area contributed by atoms with Gasteiger partial charge in [0, 0.05) is 15.8 Å². The zero-order valence-electron chi connectivity index (χ0n) is 13.9. The Morgan fingerprint density at radius 2 is 1.68 bits per heavy atom. The van der Waals surface area contributed by atoms with Crippen LogP contribution in [0.5, 0.6) is 0 Å². The number of benzene rings is 2. The summed E-state index contributed by atoms with van der Waals surface area (Å²) in [5.41, 5.74) is 6.26. The Morgan fingerprint density at radius 3 is 2.40 bits per heavy atom. The standard InChI is InChI=1S/C19H18N2O3S/c1-12-15-10-6-7-11-16(15)24-17(12)19(23)21-20-18(22)13(2)25-14-8-4-3-5-9-14/h3-11,13H,1-2H3,(H,20,22)(H,21,23). The van der Waals surface area contributed by atoms with Gasteiger partial charge < -0.3 is 4.42 Å². The molecule has 3 rings (SSSR count). The molecule has 0 saturated heterocycles. The van der Waals surface area contributed by atoms with Crippen molar-refractivity contribution in [2.24, 2.45) is 0 Å². The van der Waals surface area contributed by atoms with E-state index in [2.05, 4.69) is 10.9 Å². The summed E-state index contributed by atoms with van der Waals surface area (Å²) in [6.45, 7) is 3.60. The molecule has 0 saturated carbocycles. The fourth-order valence-corrected chi connectivity index (χ4v) is 3.31. The van der Waals surface area contributed by atoms with Gasteiger partial charge in [-0.25, -0.2) is 0 Å². The number of carbonyl (C=O) groups is 2. The Hall–Kier alpha value is -2.73. The quantitative estimate of drug-likeness (QED) is 0.554. The number of carbonyl (C=O) groups excluding carboxylic acids is 2. The Balaban J connectivity index is 1.61. The van der Waals surface area contributed by atoms with Gasteiger partial charge in [-0.05, 0) is 32.0 Å². The number of hydrogen-bond acceptors (Lipinski definition) is 4. The molecule has 3 aromatic rings. The maximum atomic E-state index is 12.3. The lowest BCUT2D eigenvalue weighted by atomic mass is 10.1. The third kappa shape index (κ3) is 3.85. The van der Waals surface area contributed by atoms with Gasteiger partial charge in [0.05, 0.1) is 5.25 Å². The number of aryl methyl sites for hydroxylation is 1. The molecule has 0 aliphatic rings. The summed E-state index contributed by atoms with van der Waals surface area (Å²) in [7, 11) is 0. The lowest BCUT2D eigenvalue weighted by Gasteiger charge is -2.12. The van der Waals surface area contributed by atoms with Crippen LogP contribution in [-0.2, 0) is 4.79 Å². The number of hydrogen-bond donors (Lipinski definition) is 2. The van der Waals surface area contributed by atoms with Gasteiger partial charge >= 0.3 is 5.91 Å². The summed E-state index contributed by atoms with van der Waals surface area (Å²) < 4.78 is 5.58. The van der Waals surface area contributed by atoms with Crippen LogP contribution in [0.15, 0.2) is 63.9 Å². The van der Waals surface area contributed by atoms with Crippen LogP contribution in [0.2, 0.25) is 0 Å². The second kappa shape index (κ2) is 7.44. The third-order valence-corrected chi connectivity index (χ3v) is 4.89. The largest absolute Gasteiger partial charge is 0.451 e. The molecule has 0 radical (unpaired) electrons. The SMILES string of the molecule is Cc1c(C(=O)NNC(=O)C(C)Sc2ccccc2)oc2ccccc12. The van der Waals surface area contributed by atoms with Crippen molar-refractivity contribution in [1.82, 2.24) is 10.9 Å². The van der Waals surface area contributed by atoms with Gasteiger partial charge in [0.1, 0.15) is 5.58 Å². The molecule has 1 aromatic heterocycles. The molecule has 128 valence electrons. The molecule has 25 heavy (non-hydrogen) atoms. The minimum Gasteiger partial charge on any atom is -0.451 e. The first-order valence-electron chi connectivity index (χ1n) is 7.86. The topological polar surface area (TPSA) is 71.3 Å². The van der Waals surface area contributed by atoms with Crippen LogP contribution >= 0.6 is 11.8 Å². The molecule has 1 heterocycles. The molecule has 0 aliphatic heterocycles. The molecule has 5 nitrogen and oxygen atoms in total. The van der Waals surface area contributed by atoms with Crippen LogP contribution < -0.4 is 10.9 Å². The van der Waals surface area contributed by atoms with Gasteiger partial charge in [0.2, 0.25) is 0 Å². The zero-order valence-corrected chi connectivity index (χ0v) is 14.7. The molecule has 2 aromatic carbocycles. The fourth-order valence-electron chi connectivity index (χ4n) is 2.42. The third-order valence-electron chi connectivity index (χ3n) is 3.77. The molecule has 1 unspecified atom stereocenters. The van der Waals surface area contributed by atoms with E-state index in [0.29, 0.717) is 5.58 Å². The molecule has 2 amide bonds. The number of nitrogens with one attached hydrogen (secondary N) is 2. The highest BCUT2D eigenvalue weighted by atomic mass is 32.2. The van der Waals surface area contributed by atoms with Crippen molar-refractivity contribution in [1.29, 1.82) is 0 Å². The number of furan rings is 1. The van der Waals surface area contributed by atoms with Crippen LogP contribution in [0.25, 0.3) is 11.0 Å². The first-order valence-corrected chi connectivity index (χ1v) is 8.74. The van der Waals surface area contributed by atoms with Crippen LogP contribution in [-0.4, -0.2) is 17.1 Å². The molecule has 0 bridgehead atoms. The number of rotatable bonds is 4. The highest BCUT2D eigenvalue weighted by molar-refractivity contribution is 8.00. The number of para-hydroxylation sites is 1. The Bertz CT molecular complexity index is 905. The number of thioether (sulfide) groups is 1. The van der Waals surface area contributed by atoms with E-state index >= 15 is 0 Å². The van der Waals surface area contributed by atoms with Gasteiger partial charge in [-0.2, -0.15) is 0 Å². The van der Waals surface area contributed by atoms with E-state index in [9.17, 15) is 9.59 Å². The number of amides is 2. The summed E-state index contributed by atoms with van der Waals surface area (Å²) in [4.78, 5) is 25.4. The second-order valence-electron chi connectivity index (χ2n) is 5.57. The minimum atomic E-state index is -0.473. The van der Waals surface area contributed by atoms with Gasteiger partial charge in [-0.15, -0.1) is 11.8 Å². The van der Waals surface area contributed by atoms with Crippen molar-refractivity contribution in [2.75, 3.05) is 0 Å². The van der Waals surface area contributed by atoms with E-state index < -0.39 is 5.91 Å². The Morgan fingerprint density at radius 1 is 1.00 bits per heavy atom. The van der Waals surface area contributed by atoms with Crippen molar-refractivity contribution in [2.45, 2.75) is 24.0 Å². The lowest BCUT2D eigenvalue weighted by Crippen LogP contribution is -2.45. The van der Waals surface area contributed by atoms with Crippen molar-refractivity contribution in [3.8, 4) is 0 Å². The highest BCUT2D eigenvalue weighted by Crippen LogP contribution is 2.25. The summed E-state index contributed by atoms with van der Waals surface area (Å²) in [5, 5.41) is 0.534. The average molecular weight is 354 g/mol. The smallest absolute Gasteiger partial charge is 0.305 e. The maximum absolute atomic E-state index is 12.3. The van der Waals surface area contributed by atoms with E-state index in [1.165, 1.54) is 11.8 Å². The van der Waals surface area contributed by atoms with Gasteiger partial charge in [0.15, 0.2) is 5.76 Å². The van der Waals surface area contributed by atoms with Crippen LogP contribution in [0.1, 0.15) is 23.0 Å². The zero-order chi connectivity index (χ0) is 17.8. The normalized spacial score (nSPS) is 11.9. The van der Waals surface area contributed by atoms with Crippen molar-refractivity contribution in [3.63, 3.8) is 0 Å². The van der Waals surface area contributed by atoms with Gasteiger partial charge in [-0.3, -0.25) is 20.4 Å². The van der Waals surface area contributed by atoms with E-state index in [0.717, 1.165) is 15.8 Å². The summed E-state index contributed by atoms with van der Waals surface area (Å²) in [6.07, 6.45) is 0. The Labute approximate surface area is 149 Å². The number of hydrazine groups is 1. The lowest BCUT2D eigenvalue weighted by molar-refractivity contribution is -0.121. The van der Waals surface area contributed by atoms with Crippen LogP contribution in [0, 0.1) is 6.92 Å². The van der Waals surface area contributed by atoms with Gasteiger partial charge in [-0.1, -0.05) is 36.4 Å². The molecule has 0 aliphatic carbocycles. The first-order chi connectivity index (χ1) is 12.1. The molecule has 6 heteroatoms. The first kappa shape index (κ1) is 17.1. The van der Waals surface area contributed by atoms with Crippen LogP contribution in [0.4, 0.5) is 0 Å². The molecular formula is C19H18N2O3S. The average Bonchev–Trinajstić information content (AvgIpc) is 2.97. The highest BCUT2D eigenvalue weighted by Gasteiger charge is 2.19. The fraction of sp³-hybridized carbons (Fsp3) is 0.158. The molecule has 0 fully saturated rings. The summed E-state index contributed by atoms with van der Waals surface area (Å²) in [5.74, 6) is -0.556. The molecule has 2 N–H and O–H groups in total. The molecule has 1 atom stereocenters. The van der Waals surface area contributed by atoms with E-state index in [1.54, 1.807) is 13.0 Å². The van der Waals surface area contributed by atoms with E-state index in [-0.39, 0.29) is 16.9 Å². The molecular weight excluding hydrogens is 336 g/mol. The van der Waals surface area contributed by atoms with Gasteiger partial charge in [0.25, 0.3) is 5.91 Å². The minimum absolute atomic E-state index is 0.199.